The lowest BCUT2D eigenvalue weighted by molar-refractivity contribution is -0.308. The Hall–Kier alpha value is -0.730. The lowest BCUT2D eigenvalue weighted by Crippen LogP contribution is -2.66. The van der Waals surface area contributed by atoms with Crippen molar-refractivity contribution < 1.29 is 29.2 Å². The largest absolute Gasteiger partial charge is 0.394 e. The van der Waals surface area contributed by atoms with Gasteiger partial charge in [-0.2, -0.15) is 0 Å². The van der Waals surface area contributed by atoms with Gasteiger partial charge in [0.25, 0.3) is 0 Å². The minimum Gasteiger partial charge on any atom is -0.394 e. The van der Waals surface area contributed by atoms with E-state index < -0.39 is 41.8 Å². The number of hydrogen-bond acceptors (Lipinski definition) is 6. The minimum absolute atomic E-state index is 0.308. The first kappa shape index (κ1) is 20.3. The molecule has 0 bridgehead atoms. The van der Waals surface area contributed by atoms with Crippen LogP contribution in [0.5, 0.6) is 0 Å². The van der Waals surface area contributed by atoms with Gasteiger partial charge < -0.3 is 29.7 Å². The first-order chi connectivity index (χ1) is 10.3. The molecule has 0 radical (unpaired) electrons. The quantitative estimate of drug-likeness (QED) is 0.696. The number of ether oxygens (including phenoxy) is 3. The van der Waals surface area contributed by atoms with Crippen molar-refractivity contribution in [2.75, 3.05) is 6.61 Å². The molecule has 0 aromatic carbocycles. The Morgan fingerprint density at radius 3 is 2.04 bits per heavy atom. The zero-order valence-electron chi connectivity index (χ0n) is 15.1. The van der Waals surface area contributed by atoms with Crippen molar-refractivity contribution in [2.45, 2.75) is 90.3 Å². The lowest BCUT2D eigenvalue weighted by Gasteiger charge is -2.47. The number of amides is 1. The maximum absolute atomic E-state index is 11.5. The summed E-state index contributed by atoms with van der Waals surface area (Å²) in [6.45, 7) is 12.1. The van der Waals surface area contributed by atoms with Gasteiger partial charge in [0.15, 0.2) is 6.29 Å². The third-order valence-corrected chi connectivity index (χ3v) is 3.18. The standard InChI is InChI=1S/C16H31NO6/c1-9(19)17-11-12(20)13(22-15(2,3)4)10(8-18)21-14(11)23-16(5,6)7/h10-14,18,20H,8H2,1-7H3,(H,17,19)/t10?,11-,12?,13-,14?/m0/s1. The second-order valence-electron chi connectivity index (χ2n) is 7.87. The molecule has 1 fully saturated rings. The summed E-state index contributed by atoms with van der Waals surface area (Å²) >= 11 is 0. The highest BCUT2D eigenvalue weighted by atomic mass is 16.7. The number of aliphatic hydroxyl groups excluding tert-OH is 2. The van der Waals surface area contributed by atoms with Gasteiger partial charge in [-0.05, 0) is 41.5 Å². The van der Waals surface area contributed by atoms with E-state index in [2.05, 4.69) is 5.32 Å². The molecule has 1 aliphatic rings. The fraction of sp³-hybridized carbons (Fsp3) is 0.938. The molecule has 3 N–H and O–H groups in total. The van der Waals surface area contributed by atoms with Gasteiger partial charge in [0, 0.05) is 6.92 Å². The molecule has 1 rings (SSSR count). The number of aliphatic hydroxyl groups is 2. The third-order valence-electron chi connectivity index (χ3n) is 3.18. The fourth-order valence-corrected chi connectivity index (χ4v) is 2.46. The maximum Gasteiger partial charge on any atom is 0.217 e. The Bertz CT molecular complexity index is 400. The zero-order valence-corrected chi connectivity index (χ0v) is 15.1. The van der Waals surface area contributed by atoms with Gasteiger partial charge >= 0.3 is 0 Å². The fourth-order valence-electron chi connectivity index (χ4n) is 2.46. The van der Waals surface area contributed by atoms with Crippen molar-refractivity contribution in [3.05, 3.63) is 0 Å². The summed E-state index contributed by atoms with van der Waals surface area (Å²) in [4.78, 5) is 11.5. The van der Waals surface area contributed by atoms with E-state index in [4.69, 9.17) is 14.2 Å². The lowest BCUT2D eigenvalue weighted by atomic mass is 9.95. The Morgan fingerprint density at radius 2 is 1.65 bits per heavy atom. The first-order valence-electron chi connectivity index (χ1n) is 7.91. The van der Waals surface area contributed by atoms with Crippen LogP contribution in [0.15, 0.2) is 0 Å². The summed E-state index contributed by atoms with van der Waals surface area (Å²) < 4.78 is 17.4. The predicted octanol–water partition coefficient (Wildman–Crippen LogP) is 0.568. The van der Waals surface area contributed by atoms with Crippen LogP contribution >= 0.6 is 0 Å². The normalized spacial score (nSPS) is 32.7. The predicted molar refractivity (Wildman–Crippen MR) is 84.8 cm³/mol. The number of carbonyl (C=O) groups is 1. The molecule has 0 saturated carbocycles. The van der Waals surface area contributed by atoms with Gasteiger partial charge in [-0.15, -0.1) is 0 Å². The van der Waals surface area contributed by atoms with Crippen LogP contribution < -0.4 is 5.32 Å². The highest BCUT2D eigenvalue weighted by molar-refractivity contribution is 5.73. The van der Waals surface area contributed by atoms with E-state index >= 15 is 0 Å². The molecule has 0 aliphatic carbocycles. The summed E-state index contributed by atoms with van der Waals surface area (Å²) in [5, 5.41) is 23.0. The van der Waals surface area contributed by atoms with Crippen molar-refractivity contribution in [3.8, 4) is 0 Å². The topological polar surface area (TPSA) is 97.3 Å². The third kappa shape index (κ3) is 6.35. The molecular formula is C16H31NO6. The second kappa shape index (κ2) is 7.44. The Labute approximate surface area is 138 Å². The van der Waals surface area contributed by atoms with Crippen molar-refractivity contribution in [2.24, 2.45) is 0 Å². The van der Waals surface area contributed by atoms with Crippen molar-refractivity contribution in [1.82, 2.24) is 5.32 Å². The van der Waals surface area contributed by atoms with Crippen LogP contribution in [0.2, 0.25) is 0 Å². The highest BCUT2D eigenvalue weighted by Crippen LogP contribution is 2.29. The van der Waals surface area contributed by atoms with Gasteiger partial charge in [0.05, 0.1) is 17.8 Å². The van der Waals surface area contributed by atoms with Crippen LogP contribution in [-0.2, 0) is 19.0 Å². The maximum atomic E-state index is 11.5. The Balaban J connectivity index is 3.05. The number of nitrogens with one attached hydrogen (secondary N) is 1. The molecule has 0 aromatic heterocycles. The van der Waals surface area contributed by atoms with Crippen LogP contribution in [0, 0.1) is 0 Å². The van der Waals surface area contributed by atoms with E-state index in [0.29, 0.717) is 0 Å². The van der Waals surface area contributed by atoms with Crippen molar-refractivity contribution >= 4 is 5.91 Å². The SMILES string of the molecule is CC(=O)N[C@@H]1C(OC(C)(C)C)OC(CO)[C@H](OC(C)(C)C)C1O. The van der Waals surface area contributed by atoms with Crippen LogP contribution in [0.1, 0.15) is 48.5 Å². The van der Waals surface area contributed by atoms with Crippen molar-refractivity contribution in [3.63, 3.8) is 0 Å². The van der Waals surface area contributed by atoms with Crippen LogP contribution in [0.25, 0.3) is 0 Å². The first-order valence-corrected chi connectivity index (χ1v) is 7.91. The smallest absolute Gasteiger partial charge is 0.217 e. The van der Waals surface area contributed by atoms with E-state index in [1.165, 1.54) is 6.92 Å². The monoisotopic (exact) mass is 333 g/mol. The van der Waals surface area contributed by atoms with E-state index in [1.807, 2.05) is 41.5 Å². The number of hydrogen-bond donors (Lipinski definition) is 3. The molecule has 7 heteroatoms. The molecule has 0 spiro atoms. The summed E-state index contributed by atoms with van der Waals surface area (Å²) in [7, 11) is 0. The second-order valence-corrected chi connectivity index (χ2v) is 7.87. The van der Waals surface area contributed by atoms with E-state index in [-0.39, 0.29) is 12.5 Å². The zero-order chi connectivity index (χ0) is 18.0. The summed E-state index contributed by atoms with van der Waals surface area (Å²) in [5.74, 6) is -0.308. The molecule has 5 atom stereocenters. The van der Waals surface area contributed by atoms with Crippen LogP contribution in [0.3, 0.4) is 0 Å². The van der Waals surface area contributed by atoms with Gasteiger partial charge in [0.1, 0.15) is 24.4 Å². The van der Waals surface area contributed by atoms with E-state index in [0.717, 1.165) is 0 Å². The van der Waals surface area contributed by atoms with Gasteiger partial charge in [-0.3, -0.25) is 4.79 Å². The number of rotatable bonds is 4. The molecule has 23 heavy (non-hydrogen) atoms. The Kier molecular flexibility index (Phi) is 6.57. The average molecular weight is 333 g/mol. The average Bonchev–Trinajstić information content (AvgIpc) is 2.33. The minimum atomic E-state index is -1.07. The summed E-state index contributed by atoms with van der Waals surface area (Å²) in [5.41, 5.74) is -1.08. The van der Waals surface area contributed by atoms with Gasteiger partial charge in [-0.25, -0.2) is 0 Å². The Morgan fingerprint density at radius 1 is 1.13 bits per heavy atom. The molecule has 1 amide bonds. The molecule has 136 valence electrons. The van der Waals surface area contributed by atoms with Crippen molar-refractivity contribution in [1.29, 1.82) is 0 Å². The summed E-state index contributed by atoms with van der Waals surface area (Å²) in [6.07, 6.45) is -3.49. The van der Waals surface area contributed by atoms with Gasteiger partial charge in [0.2, 0.25) is 5.91 Å². The van der Waals surface area contributed by atoms with E-state index in [9.17, 15) is 15.0 Å². The van der Waals surface area contributed by atoms with E-state index in [1.54, 1.807) is 0 Å². The molecule has 1 saturated heterocycles. The molecule has 0 aromatic rings. The number of carbonyl (C=O) groups excluding carboxylic acids is 1. The molecule has 1 aliphatic heterocycles. The highest BCUT2D eigenvalue weighted by Gasteiger charge is 2.48. The molecule has 3 unspecified atom stereocenters. The van der Waals surface area contributed by atoms with Crippen LogP contribution in [0.4, 0.5) is 0 Å². The molecule has 1 heterocycles. The summed E-state index contributed by atoms with van der Waals surface area (Å²) in [6, 6.07) is -0.790. The van der Waals surface area contributed by atoms with Gasteiger partial charge in [-0.1, -0.05) is 0 Å². The van der Waals surface area contributed by atoms with Crippen LogP contribution in [-0.4, -0.2) is 64.6 Å². The molecule has 7 nitrogen and oxygen atoms in total. The molecular weight excluding hydrogens is 302 g/mol.